The number of aliphatic hydroxyl groups is 1. The minimum Gasteiger partial charge on any atom is -0.497 e. The molecule has 0 spiro atoms. The SMILES string of the molecule is COc1ccc2nccc([C@@H](O)CCC3CCN(CCSc4ccncc4)CC3CCC(=O)O)c2c1. The molecule has 3 heterocycles. The monoisotopic (exact) mass is 509 g/mol. The highest BCUT2D eigenvalue weighted by atomic mass is 32.2. The molecule has 0 radical (unpaired) electrons. The number of carboxylic acid groups (broad SMARTS) is 1. The fourth-order valence-corrected chi connectivity index (χ4v) is 6.09. The number of piperidine rings is 1. The largest absolute Gasteiger partial charge is 0.497 e. The summed E-state index contributed by atoms with van der Waals surface area (Å²) in [6, 6.07) is 11.7. The Morgan fingerprint density at radius 3 is 2.78 bits per heavy atom. The molecule has 3 aromatic rings. The van der Waals surface area contributed by atoms with Crippen molar-refractivity contribution >= 4 is 28.6 Å². The molecular weight excluding hydrogens is 474 g/mol. The van der Waals surface area contributed by atoms with Gasteiger partial charge in [-0.2, -0.15) is 0 Å². The molecule has 7 nitrogen and oxygen atoms in total. The molecule has 2 aromatic heterocycles. The zero-order valence-electron chi connectivity index (χ0n) is 20.8. The van der Waals surface area contributed by atoms with Gasteiger partial charge in [0.05, 0.1) is 18.7 Å². The van der Waals surface area contributed by atoms with Crippen LogP contribution in [-0.2, 0) is 4.79 Å². The van der Waals surface area contributed by atoms with E-state index in [1.807, 2.05) is 60.6 Å². The van der Waals surface area contributed by atoms with E-state index in [1.54, 1.807) is 13.3 Å². The van der Waals surface area contributed by atoms with E-state index < -0.39 is 12.1 Å². The average Bonchev–Trinajstić information content (AvgIpc) is 2.91. The van der Waals surface area contributed by atoms with Crippen molar-refractivity contribution in [2.45, 2.75) is 43.1 Å². The molecule has 0 amide bonds. The molecule has 1 fully saturated rings. The molecule has 8 heteroatoms. The van der Waals surface area contributed by atoms with E-state index in [4.69, 9.17) is 4.74 Å². The summed E-state index contributed by atoms with van der Waals surface area (Å²) in [6.07, 6.45) is 8.19. The molecule has 2 unspecified atom stereocenters. The average molecular weight is 510 g/mol. The number of fused-ring (bicyclic) bond motifs is 1. The van der Waals surface area contributed by atoms with Crippen molar-refractivity contribution in [1.82, 2.24) is 14.9 Å². The van der Waals surface area contributed by atoms with Gasteiger partial charge in [-0.3, -0.25) is 14.8 Å². The first-order valence-electron chi connectivity index (χ1n) is 12.6. The van der Waals surface area contributed by atoms with Crippen LogP contribution in [0.5, 0.6) is 5.75 Å². The van der Waals surface area contributed by atoms with E-state index in [0.29, 0.717) is 24.7 Å². The molecule has 1 aliphatic heterocycles. The number of nitrogens with zero attached hydrogens (tertiary/aromatic N) is 3. The van der Waals surface area contributed by atoms with Crippen molar-refractivity contribution in [3.8, 4) is 5.75 Å². The van der Waals surface area contributed by atoms with Crippen LogP contribution in [0.4, 0.5) is 0 Å². The third-order valence-corrected chi connectivity index (χ3v) is 8.17. The van der Waals surface area contributed by atoms with Crippen molar-refractivity contribution < 1.29 is 19.7 Å². The number of aliphatic hydroxyl groups excluding tert-OH is 1. The van der Waals surface area contributed by atoms with Crippen LogP contribution in [0.15, 0.2) is 59.9 Å². The Bertz CT molecular complexity index is 1130. The van der Waals surface area contributed by atoms with Crippen molar-refractivity contribution in [3.63, 3.8) is 0 Å². The summed E-state index contributed by atoms with van der Waals surface area (Å²) < 4.78 is 5.37. The lowest BCUT2D eigenvalue weighted by molar-refractivity contribution is -0.137. The smallest absolute Gasteiger partial charge is 0.303 e. The highest BCUT2D eigenvalue weighted by Crippen LogP contribution is 2.35. The molecule has 0 aliphatic carbocycles. The molecule has 1 aromatic carbocycles. The highest BCUT2D eigenvalue weighted by Gasteiger charge is 2.30. The van der Waals surface area contributed by atoms with Crippen LogP contribution < -0.4 is 4.74 Å². The Morgan fingerprint density at radius 1 is 1.17 bits per heavy atom. The summed E-state index contributed by atoms with van der Waals surface area (Å²) in [4.78, 5) is 23.5. The van der Waals surface area contributed by atoms with Crippen LogP contribution in [-0.4, -0.2) is 63.5 Å². The molecule has 2 N–H and O–H groups in total. The van der Waals surface area contributed by atoms with E-state index in [1.165, 1.54) is 4.90 Å². The lowest BCUT2D eigenvalue weighted by Crippen LogP contribution is -2.41. The minimum absolute atomic E-state index is 0.193. The van der Waals surface area contributed by atoms with Crippen molar-refractivity contribution in [1.29, 1.82) is 0 Å². The van der Waals surface area contributed by atoms with E-state index in [-0.39, 0.29) is 6.42 Å². The predicted molar refractivity (Wildman–Crippen MR) is 142 cm³/mol. The summed E-state index contributed by atoms with van der Waals surface area (Å²) in [7, 11) is 1.63. The second kappa shape index (κ2) is 13.0. The topological polar surface area (TPSA) is 95.8 Å². The van der Waals surface area contributed by atoms with E-state index in [0.717, 1.165) is 60.4 Å². The zero-order chi connectivity index (χ0) is 25.3. The summed E-state index contributed by atoms with van der Waals surface area (Å²) in [5, 5.41) is 21.3. The van der Waals surface area contributed by atoms with Crippen molar-refractivity contribution in [3.05, 3.63) is 60.6 Å². The molecule has 0 bridgehead atoms. The van der Waals surface area contributed by atoms with Crippen LogP contribution in [0.2, 0.25) is 0 Å². The first-order valence-corrected chi connectivity index (χ1v) is 13.6. The van der Waals surface area contributed by atoms with E-state index in [9.17, 15) is 15.0 Å². The molecule has 3 atom stereocenters. The van der Waals surface area contributed by atoms with Gasteiger partial charge in [0.2, 0.25) is 0 Å². The molecule has 0 saturated carbocycles. The number of likely N-dealkylation sites (tertiary alicyclic amines) is 1. The van der Waals surface area contributed by atoms with Gasteiger partial charge in [-0.15, -0.1) is 11.8 Å². The number of hydrogen-bond acceptors (Lipinski definition) is 7. The van der Waals surface area contributed by atoms with Gasteiger partial charge in [0.15, 0.2) is 0 Å². The Hall–Kier alpha value is -2.68. The standard InChI is InChI=1S/C28H35N3O4S/c1-35-22-4-5-26-25(18-22)24(10-14-30-26)27(32)6-2-20-11-15-31(19-21(20)3-7-28(33)34)16-17-36-23-8-12-29-13-9-23/h4-5,8-10,12-14,18,20-21,27,32H,2-3,6-7,11,15-17,19H2,1H3,(H,33,34)/t20?,21?,27-/m0/s1. The molecule has 192 valence electrons. The van der Waals surface area contributed by atoms with Gasteiger partial charge in [0.25, 0.3) is 0 Å². The maximum absolute atomic E-state index is 11.3. The number of methoxy groups -OCH3 is 1. The number of thioether (sulfide) groups is 1. The lowest BCUT2D eigenvalue weighted by Gasteiger charge is -2.39. The maximum atomic E-state index is 11.3. The molecular formula is C28H35N3O4S. The fourth-order valence-electron chi connectivity index (χ4n) is 5.19. The predicted octanol–water partition coefficient (Wildman–Crippen LogP) is 5.05. The van der Waals surface area contributed by atoms with E-state index >= 15 is 0 Å². The number of pyridine rings is 2. The van der Waals surface area contributed by atoms with Crippen LogP contribution in [0.25, 0.3) is 10.9 Å². The number of aromatic nitrogens is 2. The van der Waals surface area contributed by atoms with Crippen LogP contribution >= 0.6 is 11.8 Å². The minimum atomic E-state index is -0.739. The third kappa shape index (κ3) is 7.18. The van der Waals surface area contributed by atoms with Gasteiger partial charge < -0.3 is 19.8 Å². The first kappa shape index (κ1) is 26.4. The number of hydrogen-bond donors (Lipinski definition) is 2. The van der Waals surface area contributed by atoms with Gasteiger partial charge in [-0.1, -0.05) is 0 Å². The highest BCUT2D eigenvalue weighted by molar-refractivity contribution is 7.99. The van der Waals surface area contributed by atoms with Crippen LogP contribution in [0, 0.1) is 11.8 Å². The fraction of sp³-hybridized carbons (Fsp3) is 0.464. The van der Waals surface area contributed by atoms with Gasteiger partial charge in [0, 0.05) is 54.1 Å². The molecule has 4 rings (SSSR count). The summed E-state index contributed by atoms with van der Waals surface area (Å²) in [5.41, 5.74) is 1.70. The summed E-state index contributed by atoms with van der Waals surface area (Å²) >= 11 is 1.83. The lowest BCUT2D eigenvalue weighted by atomic mass is 9.79. The quantitative estimate of drug-likeness (QED) is 0.328. The van der Waals surface area contributed by atoms with Crippen molar-refractivity contribution in [2.24, 2.45) is 11.8 Å². The Kier molecular flexibility index (Phi) is 9.55. The van der Waals surface area contributed by atoms with Gasteiger partial charge in [-0.05, 0) is 86.0 Å². The summed E-state index contributed by atoms with van der Waals surface area (Å²) in [5.74, 6) is 1.73. The zero-order valence-corrected chi connectivity index (χ0v) is 21.6. The number of aliphatic carboxylic acids is 1. The van der Waals surface area contributed by atoms with Gasteiger partial charge >= 0.3 is 5.97 Å². The normalized spacial score (nSPS) is 19.3. The second-order valence-electron chi connectivity index (χ2n) is 9.45. The van der Waals surface area contributed by atoms with Gasteiger partial charge in [-0.25, -0.2) is 0 Å². The second-order valence-corrected chi connectivity index (χ2v) is 10.6. The van der Waals surface area contributed by atoms with Crippen LogP contribution in [0.3, 0.4) is 0 Å². The number of carboxylic acids is 1. The Labute approximate surface area is 216 Å². The molecule has 36 heavy (non-hydrogen) atoms. The Morgan fingerprint density at radius 2 is 2.00 bits per heavy atom. The Balaban J connectivity index is 1.35. The number of rotatable bonds is 12. The number of benzene rings is 1. The first-order chi connectivity index (χ1) is 17.5. The van der Waals surface area contributed by atoms with E-state index in [2.05, 4.69) is 14.9 Å². The molecule has 1 saturated heterocycles. The number of ether oxygens (including phenoxy) is 1. The molecule has 1 aliphatic rings. The number of carbonyl (C=O) groups is 1. The van der Waals surface area contributed by atoms with Crippen LogP contribution in [0.1, 0.15) is 43.8 Å². The third-order valence-electron chi connectivity index (χ3n) is 7.18. The van der Waals surface area contributed by atoms with Gasteiger partial charge in [0.1, 0.15) is 5.75 Å². The van der Waals surface area contributed by atoms with Crippen molar-refractivity contribution in [2.75, 3.05) is 32.5 Å². The maximum Gasteiger partial charge on any atom is 0.303 e. The summed E-state index contributed by atoms with van der Waals surface area (Å²) in [6.45, 7) is 2.91.